The maximum Gasteiger partial charge on any atom is 0.258 e. The number of nitriles is 1. The lowest BCUT2D eigenvalue weighted by Gasteiger charge is -2.26. The molecule has 2 heterocycles. The van der Waals surface area contributed by atoms with Crippen LogP contribution in [-0.4, -0.2) is 63.8 Å². The van der Waals surface area contributed by atoms with Gasteiger partial charge in [-0.15, -0.1) is 0 Å². The molecule has 0 atom stereocenters. The van der Waals surface area contributed by atoms with E-state index in [4.69, 9.17) is 14.0 Å². The summed E-state index contributed by atoms with van der Waals surface area (Å²) in [6, 6.07) is 10.9. The molecule has 178 valence electrons. The van der Waals surface area contributed by atoms with Crippen LogP contribution in [-0.2, 0) is 6.54 Å². The van der Waals surface area contributed by atoms with Gasteiger partial charge in [-0.05, 0) is 39.0 Å². The minimum atomic E-state index is -0.329. The molecule has 1 aliphatic heterocycles. The van der Waals surface area contributed by atoms with Crippen molar-refractivity contribution in [3.63, 3.8) is 0 Å². The summed E-state index contributed by atoms with van der Waals surface area (Å²) in [6.45, 7) is 7.11. The summed E-state index contributed by atoms with van der Waals surface area (Å²) in [5.41, 5.74) is 3.66. The Kier molecular flexibility index (Phi) is 7.12. The first-order valence-corrected chi connectivity index (χ1v) is 11.2. The number of aromatic nitrogens is 2. The van der Waals surface area contributed by atoms with Crippen molar-refractivity contribution < 1.29 is 24.2 Å². The summed E-state index contributed by atoms with van der Waals surface area (Å²) in [4.78, 5) is 6.57. The number of ether oxygens (including phenoxy) is 2. The summed E-state index contributed by atoms with van der Waals surface area (Å²) in [6.07, 6.45) is -0.0448. The van der Waals surface area contributed by atoms with Crippen LogP contribution >= 0.6 is 0 Å². The van der Waals surface area contributed by atoms with E-state index in [0.717, 1.165) is 22.4 Å². The molecule has 2 N–H and O–H groups in total. The van der Waals surface area contributed by atoms with Crippen LogP contribution in [0.5, 0.6) is 11.5 Å². The van der Waals surface area contributed by atoms with Gasteiger partial charge in [0, 0.05) is 35.3 Å². The molecule has 0 spiro atoms. The van der Waals surface area contributed by atoms with E-state index in [2.05, 4.69) is 16.2 Å². The molecule has 9 nitrogen and oxygen atoms in total. The first-order valence-electron chi connectivity index (χ1n) is 11.2. The number of hydrogen-bond donors (Lipinski definition) is 2. The standard InChI is InChI=1S/C25H28N4O5/c1-15(2)33-22-7-5-17(10-19(22)11-26)25-27-24(28-34-25)21-6-4-18-12-29(20(13-30)14-31)8-9-32-23(18)16(21)3/h4-7,10,15,20,30-31H,8-9,12-14H2,1-3H3. The molecule has 0 saturated heterocycles. The van der Waals surface area contributed by atoms with Gasteiger partial charge in [-0.3, -0.25) is 4.90 Å². The van der Waals surface area contributed by atoms with Gasteiger partial charge in [0.25, 0.3) is 5.89 Å². The Hall–Kier alpha value is -3.45. The molecule has 1 aliphatic rings. The normalized spacial score (nSPS) is 13.9. The number of rotatable bonds is 7. The van der Waals surface area contributed by atoms with E-state index in [9.17, 15) is 15.5 Å². The molecule has 2 aromatic carbocycles. The highest BCUT2D eigenvalue weighted by molar-refractivity contribution is 5.68. The Bertz CT molecular complexity index is 1200. The quantitative estimate of drug-likeness (QED) is 0.543. The second-order valence-electron chi connectivity index (χ2n) is 8.48. The fourth-order valence-electron chi connectivity index (χ4n) is 4.04. The number of nitrogens with zero attached hydrogens (tertiary/aromatic N) is 4. The molecule has 0 bridgehead atoms. The van der Waals surface area contributed by atoms with Crippen molar-refractivity contribution in [2.24, 2.45) is 0 Å². The molecular formula is C25H28N4O5. The molecule has 34 heavy (non-hydrogen) atoms. The van der Waals surface area contributed by atoms with Crippen LogP contribution in [0.25, 0.3) is 22.8 Å². The maximum atomic E-state index is 9.55. The predicted molar refractivity (Wildman–Crippen MR) is 124 cm³/mol. The van der Waals surface area contributed by atoms with Crippen molar-refractivity contribution >= 4 is 0 Å². The van der Waals surface area contributed by atoms with Gasteiger partial charge in [0.15, 0.2) is 0 Å². The molecule has 4 rings (SSSR count). The van der Waals surface area contributed by atoms with E-state index in [1.54, 1.807) is 18.2 Å². The zero-order valence-corrected chi connectivity index (χ0v) is 19.5. The summed E-state index contributed by atoms with van der Waals surface area (Å²) in [5, 5.41) is 32.8. The smallest absolute Gasteiger partial charge is 0.258 e. The molecule has 1 aromatic heterocycles. The topological polar surface area (TPSA) is 125 Å². The maximum absolute atomic E-state index is 9.55. The van der Waals surface area contributed by atoms with Crippen molar-refractivity contribution in [2.75, 3.05) is 26.4 Å². The van der Waals surface area contributed by atoms with E-state index in [0.29, 0.717) is 48.3 Å². The Morgan fingerprint density at radius 2 is 2.00 bits per heavy atom. The summed E-state index contributed by atoms with van der Waals surface area (Å²) in [7, 11) is 0. The van der Waals surface area contributed by atoms with Crippen LogP contribution in [0.15, 0.2) is 34.9 Å². The minimum Gasteiger partial charge on any atom is -0.492 e. The van der Waals surface area contributed by atoms with Crippen molar-refractivity contribution in [1.82, 2.24) is 15.0 Å². The van der Waals surface area contributed by atoms with Gasteiger partial charge in [-0.2, -0.15) is 10.2 Å². The average molecular weight is 465 g/mol. The largest absolute Gasteiger partial charge is 0.492 e. The number of hydrogen-bond acceptors (Lipinski definition) is 9. The molecule has 3 aromatic rings. The van der Waals surface area contributed by atoms with Gasteiger partial charge < -0.3 is 24.2 Å². The number of fused-ring (bicyclic) bond motifs is 1. The van der Waals surface area contributed by atoms with Crippen LogP contribution < -0.4 is 9.47 Å². The van der Waals surface area contributed by atoms with Crippen LogP contribution in [0.3, 0.4) is 0 Å². The molecular weight excluding hydrogens is 436 g/mol. The van der Waals surface area contributed by atoms with Crippen molar-refractivity contribution in [3.8, 4) is 40.4 Å². The molecule has 0 aliphatic carbocycles. The van der Waals surface area contributed by atoms with Crippen LogP contribution in [0.1, 0.15) is 30.5 Å². The predicted octanol–water partition coefficient (Wildman–Crippen LogP) is 2.92. The van der Waals surface area contributed by atoms with E-state index in [-0.39, 0.29) is 25.4 Å². The molecule has 0 radical (unpaired) electrons. The number of aliphatic hydroxyl groups excluding tert-OH is 2. The minimum absolute atomic E-state index is 0.0448. The van der Waals surface area contributed by atoms with Gasteiger partial charge in [0.2, 0.25) is 5.82 Å². The van der Waals surface area contributed by atoms with E-state index in [1.807, 2.05) is 37.8 Å². The van der Waals surface area contributed by atoms with Crippen molar-refractivity contribution in [1.29, 1.82) is 5.26 Å². The number of aliphatic hydroxyl groups is 2. The second-order valence-corrected chi connectivity index (χ2v) is 8.48. The fraction of sp³-hybridized carbons (Fsp3) is 0.400. The fourth-order valence-corrected chi connectivity index (χ4v) is 4.04. The highest BCUT2D eigenvalue weighted by atomic mass is 16.5. The first kappa shape index (κ1) is 23.7. The lowest BCUT2D eigenvalue weighted by Crippen LogP contribution is -2.41. The molecule has 9 heteroatoms. The van der Waals surface area contributed by atoms with E-state index >= 15 is 0 Å². The monoisotopic (exact) mass is 464 g/mol. The lowest BCUT2D eigenvalue weighted by atomic mass is 10.0. The van der Waals surface area contributed by atoms with E-state index in [1.165, 1.54) is 0 Å². The van der Waals surface area contributed by atoms with Gasteiger partial charge >= 0.3 is 0 Å². The SMILES string of the molecule is Cc1c(-c2noc(-c3ccc(OC(C)C)c(C#N)c3)n2)ccc2c1OCCN(C(CO)CO)C2. The van der Waals surface area contributed by atoms with Crippen molar-refractivity contribution in [2.45, 2.75) is 39.5 Å². The van der Waals surface area contributed by atoms with E-state index < -0.39 is 0 Å². The zero-order chi connectivity index (χ0) is 24.2. The Balaban J connectivity index is 1.63. The highest BCUT2D eigenvalue weighted by Gasteiger charge is 2.25. The molecule has 0 fully saturated rings. The lowest BCUT2D eigenvalue weighted by molar-refractivity contribution is 0.0650. The van der Waals surface area contributed by atoms with Gasteiger partial charge in [-0.25, -0.2) is 0 Å². The van der Waals surface area contributed by atoms with Gasteiger partial charge in [0.05, 0.1) is 30.9 Å². The van der Waals surface area contributed by atoms with Crippen molar-refractivity contribution in [3.05, 3.63) is 47.0 Å². The average Bonchev–Trinajstić information content (AvgIpc) is 3.21. The Labute approximate surface area is 198 Å². The summed E-state index contributed by atoms with van der Waals surface area (Å²) < 4.78 is 17.2. The first-order chi connectivity index (χ1) is 16.4. The zero-order valence-electron chi connectivity index (χ0n) is 19.5. The molecule has 0 amide bonds. The van der Waals surface area contributed by atoms with Gasteiger partial charge in [0.1, 0.15) is 24.2 Å². The highest BCUT2D eigenvalue weighted by Crippen LogP contribution is 2.35. The van der Waals surface area contributed by atoms with Crippen LogP contribution in [0, 0.1) is 18.3 Å². The molecule has 0 unspecified atom stereocenters. The second kappa shape index (κ2) is 10.2. The summed E-state index contributed by atoms with van der Waals surface area (Å²) >= 11 is 0. The third-order valence-corrected chi connectivity index (χ3v) is 5.80. The third-order valence-electron chi connectivity index (χ3n) is 5.80. The third kappa shape index (κ3) is 4.75. The van der Waals surface area contributed by atoms with Gasteiger partial charge in [-0.1, -0.05) is 17.3 Å². The van der Waals surface area contributed by atoms with Crippen LogP contribution in [0.4, 0.5) is 0 Å². The Morgan fingerprint density at radius 3 is 2.71 bits per heavy atom. The number of benzene rings is 2. The Morgan fingerprint density at radius 1 is 1.21 bits per heavy atom. The molecule has 0 saturated carbocycles. The van der Waals surface area contributed by atoms with Crippen LogP contribution in [0.2, 0.25) is 0 Å². The summed E-state index contributed by atoms with van der Waals surface area (Å²) in [5.74, 6) is 1.99.